The van der Waals surface area contributed by atoms with Gasteiger partial charge in [-0.25, -0.2) is 4.68 Å². The van der Waals surface area contributed by atoms with Crippen molar-refractivity contribution in [3.63, 3.8) is 0 Å². The van der Waals surface area contributed by atoms with Crippen LogP contribution in [-0.4, -0.2) is 16.1 Å². The van der Waals surface area contributed by atoms with E-state index in [4.69, 9.17) is 5.73 Å². The Morgan fingerprint density at radius 2 is 2.00 bits per heavy atom. The number of carbonyl (C=O) groups excluding carboxylic acids is 1. The summed E-state index contributed by atoms with van der Waals surface area (Å²) in [6.07, 6.45) is 2.54. The topological polar surface area (TPSA) is 60.9 Å². The number of hydrogen-bond acceptors (Lipinski definition) is 3. The Morgan fingerprint density at radius 1 is 1.33 bits per heavy atom. The van der Waals surface area contributed by atoms with Gasteiger partial charge in [0.25, 0.3) is 0 Å². The van der Waals surface area contributed by atoms with E-state index in [1.54, 1.807) is 10.9 Å². The summed E-state index contributed by atoms with van der Waals surface area (Å²) < 4.78 is 1.71. The first-order valence-electron chi connectivity index (χ1n) is 5.83. The van der Waals surface area contributed by atoms with Crippen LogP contribution in [0.2, 0.25) is 0 Å². The number of rotatable bonds is 3. The van der Waals surface area contributed by atoms with Crippen molar-refractivity contribution in [2.75, 3.05) is 0 Å². The Bertz CT molecular complexity index is 579. The van der Waals surface area contributed by atoms with Gasteiger partial charge in [-0.2, -0.15) is 5.10 Å². The molecule has 0 bridgehead atoms. The summed E-state index contributed by atoms with van der Waals surface area (Å²) in [4.78, 5) is 10.9. The number of hydrogen-bond donors (Lipinski definition) is 1. The zero-order valence-electron chi connectivity index (χ0n) is 10.8. The third kappa shape index (κ3) is 2.19. The van der Waals surface area contributed by atoms with Gasteiger partial charge in [0.1, 0.15) is 0 Å². The molecule has 0 atom stereocenters. The molecule has 2 rings (SSSR count). The molecule has 0 saturated heterocycles. The molecule has 0 aliphatic rings. The zero-order chi connectivity index (χ0) is 13.3. The van der Waals surface area contributed by atoms with Crippen LogP contribution in [0.15, 0.2) is 30.5 Å². The second kappa shape index (κ2) is 4.38. The lowest BCUT2D eigenvalue weighted by Crippen LogP contribution is -2.30. The Balaban J connectivity index is 2.60. The van der Waals surface area contributed by atoms with Crippen molar-refractivity contribution in [1.29, 1.82) is 0 Å². The largest absolute Gasteiger partial charge is 0.322 e. The molecule has 0 radical (unpaired) electrons. The van der Waals surface area contributed by atoms with E-state index >= 15 is 0 Å². The molecule has 1 aromatic heterocycles. The summed E-state index contributed by atoms with van der Waals surface area (Å²) in [5.74, 6) is 0. The minimum atomic E-state index is -0.461. The molecule has 0 unspecified atom stereocenters. The molecule has 0 aliphatic carbocycles. The summed E-state index contributed by atoms with van der Waals surface area (Å²) in [6, 6.07) is 7.81. The third-order valence-electron chi connectivity index (χ3n) is 2.91. The first kappa shape index (κ1) is 12.5. The molecule has 0 aliphatic heterocycles. The molecule has 94 valence electrons. The number of nitrogens with zero attached hydrogens (tertiary/aromatic N) is 2. The fraction of sp³-hybridized carbons (Fsp3) is 0.286. The van der Waals surface area contributed by atoms with E-state index in [0.717, 1.165) is 23.2 Å². The van der Waals surface area contributed by atoms with Crippen molar-refractivity contribution in [3.8, 4) is 5.69 Å². The molecule has 0 saturated carbocycles. The van der Waals surface area contributed by atoms with Gasteiger partial charge in [-0.05, 0) is 32.4 Å². The lowest BCUT2D eigenvalue weighted by Gasteiger charge is -2.22. The number of para-hydroxylation sites is 1. The summed E-state index contributed by atoms with van der Waals surface area (Å²) >= 11 is 0. The monoisotopic (exact) mass is 243 g/mol. The van der Waals surface area contributed by atoms with Crippen LogP contribution < -0.4 is 5.73 Å². The summed E-state index contributed by atoms with van der Waals surface area (Å²) in [5, 5.41) is 4.36. The van der Waals surface area contributed by atoms with Gasteiger partial charge < -0.3 is 5.73 Å². The molecule has 1 heterocycles. The minimum absolute atomic E-state index is 0.461. The fourth-order valence-corrected chi connectivity index (χ4v) is 1.93. The first-order chi connectivity index (χ1) is 8.43. The summed E-state index contributed by atoms with van der Waals surface area (Å²) in [7, 11) is 0. The van der Waals surface area contributed by atoms with Crippen LogP contribution in [0.1, 0.15) is 35.5 Å². The fourth-order valence-electron chi connectivity index (χ4n) is 1.93. The molecule has 0 fully saturated rings. The third-order valence-corrected chi connectivity index (χ3v) is 2.91. The van der Waals surface area contributed by atoms with E-state index < -0.39 is 5.54 Å². The molecule has 2 aromatic rings. The second-order valence-electron chi connectivity index (χ2n) is 4.97. The Hall–Kier alpha value is -1.94. The van der Waals surface area contributed by atoms with Crippen LogP contribution in [0.4, 0.5) is 0 Å². The molecule has 4 nitrogen and oxygen atoms in total. The van der Waals surface area contributed by atoms with Crippen LogP contribution in [0.25, 0.3) is 5.69 Å². The molecule has 0 spiro atoms. The van der Waals surface area contributed by atoms with Crippen LogP contribution in [0.3, 0.4) is 0 Å². The Kier molecular flexibility index (Phi) is 3.05. The van der Waals surface area contributed by atoms with Crippen LogP contribution >= 0.6 is 0 Å². The lowest BCUT2D eigenvalue weighted by atomic mass is 9.94. The summed E-state index contributed by atoms with van der Waals surface area (Å²) in [5.41, 5.74) is 8.91. The van der Waals surface area contributed by atoms with Crippen molar-refractivity contribution in [3.05, 3.63) is 47.3 Å². The summed E-state index contributed by atoms with van der Waals surface area (Å²) in [6.45, 7) is 5.71. The van der Waals surface area contributed by atoms with Crippen molar-refractivity contribution in [1.82, 2.24) is 9.78 Å². The van der Waals surface area contributed by atoms with E-state index in [1.165, 1.54) is 0 Å². The molecule has 1 aromatic carbocycles. The molecule has 0 amide bonds. The zero-order valence-corrected chi connectivity index (χ0v) is 10.8. The van der Waals surface area contributed by atoms with Crippen molar-refractivity contribution < 1.29 is 4.79 Å². The van der Waals surface area contributed by atoms with E-state index in [-0.39, 0.29) is 0 Å². The smallest absolute Gasteiger partial charge is 0.153 e. The number of benzene rings is 1. The quantitative estimate of drug-likeness (QED) is 0.840. The SMILES string of the molecule is Cc1nn(-c2ccccc2C(C)(C)N)cc1C=O. The average molecular weight is 243 g/mol. The number of aldehydes is 1. The Labute approximate surface area is 106 Å². The van der Waals surface area contributed by atoms with Gasteiger partial charge in [0, 0.05) is 11.7 Å². The molecule has 2 N–H and O–H groups in total. The van der Waals surface area contributed by atoms with Gasteiger partial charge in [-0.3, -0.25) is 4.79 Å². The highest BCUT2D eigenvalue weighted by Crippen LogP contribution is 2.24. The number of aryl methyl sites for hydroxylation is 1. The van der Waals surface area contributed by atoms with Gasteiger partial charge in [0.2, 0.25) is 0 Å². The lowest BCUT2D eigenvalue weighted by molar-refractivity contribution is 0.112. The Morgan fingerprint density at radius 3 is 2.56 bits per heavy atom. The first-order valence-corrected chi connectivity index (χ1v) is 5.83. The predicted octanol–water partition coefficient (Wildman–Crippen LogP) is 2.19. The van der Waals surface area contributed by atoms with Gasteiger partial charge >= 0.3 is 0 Å². The van der Waals surface area contributed by atoms with Gasteiger partial charge in [0.05, 0.1) is 16.9 Å². The molecular weight excluding hydrogens is 226 g/mol. The predicted molar refractivity (Wildman–Crippen MR) is 70.9 cm³/mol. The van der Waals surface area contributed by atoms with E-state index in [1.807, 2.05) is 45.0 Å². The maximum Gasteiger partial charge on any atom is 0.153 e. The van der Waals surface area contributed by atoms with Gasteiger partial charge in [0.15, 0.2) is 6.29 Å². The van der Waals surface area contributed by atoms with E-state index in [2.05, 4.69) is 5.10 Å². The standard InChI is InChI=1S/C14H17N3O/c1-10-11(9-18)8-17(16-10)13-7-5-4-6-12(13)14(2,3)15/h4-9H,15H2,1-3H3. The van der Waals surface area contributed by atoms with Crippen LogP contribution in [0, 0.1) is 6.92 Å². The number of aromatic nitrogens is 2. The highest BCUT2D eigenvalue weighted by molar-refractivity contribution is 5.76. The van der Waals surface area contributed by atoms with Crippen molar-refractivity contribution in [2.24, 2.45) is 5.73 Å². The van der Waals surface area contributed by atoms with Crippen molar-refractivity contribution >= 4 is 6.29 Å². The maximum absolute atomic E-state index is 10.9. The normalized spacial score (nSPS) is 11.6. The van der Waals surface area contributed by atoms with Crippen LogP contribution in [0.5, 0.6) is 0 Å². The maximum atomic E-state index is 10.9. The number of carbonyl (C=O) groups is 1. The molecule has 18 heavy (non-hydrogen) atoms. The molecular formula is C14H17N3O. The average Bonchev–Trinajstić information content (AvgIpc) is 2.69. The van der Waals surface area contributed by atoms with Crippen LogP contribution in [-0.2, 0) is 5.54 Å². The van der Waals surface area contributed by atoms with Gasteiger partial charge in [-0.15, -0.1) is 0 Å². The number of nitrogens with two attached hydrogens (primary N) is 1. The minimum Gasteiger partial charge on any atom is -0.322 e. The molecule has 4 heteroatoms. The highest BCUT2D eigenvalue weighted by atomic mass is 16.1. The van der Waals surface area contributed by atoms with Crippen molar-refractivity contribution in [2.45, 2.75) is 26.3 Å². The van der Waals surface area contributed by atoms with E-state index in [9.17, 15) is 4.79 Å². The van der Waals surface area contributed by atoms with Gasteiger partial charge in [-0.1, -0.05) is 18.2 Å². The van der Waals surface area contributed by atoms with E-state index in [0.29, 0.717) is 5.56 Å². The highest BCUT2D eigenvalue weighted by Gasteiger charge is 2.19. The second-order valence-corrected chi connectivity index (χ2v) is 4.97.